The summed E-state index contributed by atoms with van der Waals surface area (Å²) in [4.78, 5) is 14.2. The van der Waals surface area contributed by atoms with Crippen LogP contribution in [0.3, 0.4) is 0 Å². The molecule has 1 aliphatic rings. The maximum absolute atomic E-state index is 12.3. The van der Waals surface area contributed by atoms with E-state index in [1.165, 1.54) is 12.8 Å². The van der Waals surface area contributed by atoms with Crippen LogP contribution in [0.2, 0.25) is 0 Å². The largest absolute Gasteiger partial charge is 0.445 e. The van der Waals surface area contributed by atoms with Crippen LogP contribution in [0.5, 0.6) is 0 Å². The standard InChI is InChI=1S/C17H26N2O2/c1-14-7-9-16(10-8-14)19(12-11-18)17(20)21-13-15-5-3-2-4-6-15/h2-6,14,16H,7-13,18H2,1H3. The van der Waals surface area contributed by atoms with E-state index in [0.717, 1.165) is 24.3 Å². The van der Waals surface area contributed by atoms with Crippen LogP contribution in [0.1, 0.15) is 38.2 Å². The molecule has 1 saturated carbocycles. The molecule has 1 amide bonds. The molecule has 2 N–H and O–H groups in total. The number of nitrogens with two attached hydrogens (primary N) is 1. The Labute approximate surface area is 127 Å². The second-order valence-electron chi connectivity index (χ2n) is 5.94. The van der Waals surface area contributed by atoms with E-state index in [2.05, 4.69) is 6.92 Å². The van der Waals surface area contributed by atoms with Gasteiger partial charge in [-0.05, 0) is 37.2 Å². The van der Waals surface area contributed by atoms with Crippen LogP contribution in [0.4, 0.5) is 4.79 Å². The Morgan fingerprint density at radius 3 is 2.52 bits per heavy atom. The minimum atomic E-state index is -0.233. The third-order valence-electron chi connectivity index (χ3n) is 4.24. The molecule has 0 aliphatic heterocycles. The zero-order chi connectivity index (χ0) is 15.1. The zero-order valence-electron chi connectivity index (χ0n) is 12.8. The number of rotatable bonds is 5. The fourth-order valence-electron chi connectivity index (χ4n) is 2.92. The first-order valence-corrected chi connectivity index (χ1v) is 7.88. The Hall–Kier alpha value is -1.55. The summed E-state index contributed by atoms with van der Waals surface area (Å²) in [6.07, 6.45) is 4.24. The molecule has 1 fully saturated rings. The lowest BCUT2D eigenvalue weighted by molar-refractivity contribution is 0.0695. The van der Waals surface area contributed by atoms with Crippen molar-refractivity contribution in [3.05, 3.63) is 35.9 Å². The van der Waals surface area contributed by atoms with Crippen molar-refractivity contribution in [3.63, 3.8) is 0 Å². The van der Waals surface area contributed by atoms with Gasteiger partial charge >= 0.3 is 6.09 Å². The van der Waals surface area contributed by atoms with Crippen molar-refractivity contribution >= 4 is 6.09 Å². The first-order valence-electron chi connectivity index (χ1n) is 7.88. The van der Waals surface area contributed by atoms with Crippen molar-refractivity contribution in [2.45, 2.75) is 45.3 Å². The van der Waals surface area contributed by atoms with E-state index in [1.54, 1.807) is 0 Å². The van der Waals surface area contributed by atoms with Gasteiger partial charge in [0, 0.05) is 19.1 Å². The molecule has 0 spiro atoms. The summed E-state index contributed by atoms with van der Waals surface area (Å²) >= 11 is 0. The van der Waals surface area contributed by atoms with Crippen molar-refractivity contribution in [2.24, 2.45) is 11.7 Å². The predicted octanol–water partition coefficient (Wildman–Crippen LogP) is 3.16. The Bertz CT molecular complexity index is 428. The highest BCUT2D eigenvalue weighted by molar-refractivity contribution is 5.68. The summed E-state index contributed by atoms with van der Waals surface area (Å²) in [6.45, 7) is 3.65. The average Bonchev–Trinajstić information content (AvgIpc) is 2.52. The molecule has 0 bridgehead atoms. The Kier molecular flexibility index (Phi) is 6.05. The van der Waals surface area contributed by atoms with Gasteiger partial charge in [0.25, 0.3) is 0 Å². The molecule has 4 nitrogen and oxygen atoms in total. The number of carbonyl (C=O) groups is 1. The second-order valence-corrected chi connectivity index (χ2v) is 5.94. The highest BCUT2D eigenvalue weighted by Gasteiger charge is 2.27. The molecular weight excluding hydrogens is 264 g/mol. The van der Waals surface area contributed by atoms with E-state index in [0.29, 0.717) is 19.7 Å². The smallest absolute Gasteiger partial charge is 0.410 e. The lowest BCUT2D eigenvalue weighted by atomic mass is 9.87. The van der Waals surface area contributed by atoms with Crippen molar-refractivity contribution in [2.75, 3.05) is 13.1 Å². The van der Waals surface area contributed by atoms with E-state index in [1.807, 2.05) is 35.2 Å². The van der Waals surface area contributed by atoms with Gasteiger partial charge < -0.3 is 15.4 Å². The number of ether oxygens (including phenoxy) is 1. The zero-order valence-corrected chi connectivity index (χ0v) is 12.8. The van der Waals surface area contributed by atoms with Crippen LogP contribution in [-0.4, -0.2) is 30.1 Å². The van der Waals surface area contributed by atoms with E-state index >= 15 is 0 Å². The van der Waals surface area contributed by atoms with Crippen molar-refractivity contribution in [3.8, 4) is 0 Å². The number of hydrogen-bond donors (Lipinski definition) is 1. The molecule has 21 heavy (non-hydrogen) atoms. The molecule has 0 unspecified atom stereocenters. The SMILES string of the molecule is CC1CCC(N(CCN)C(=O)OCc2ccccc2)CC1. The Morgan fingerprint density at radius 1 is 1.24 bits per heavy atom. The van der Waals surface area contributed by atoms with Gasteiger partial charge in [-0.2, -0.15) is 0 Å². The van der Waals surface area contributed by atoms with Gasteiger partial charge in [0.05, 0.1) is 0 Å². The van der Waals surface area contributed by atoms with Crippen LogP contribution in [0, 0.1) is 5.92 Å². The first kappa shape index (κ1) is 15.8. The Morgan fingerprint density at radius 2 is 1.90 bits per heavy atom. The maximum Gasteiger partial charge on any atom is 0.410 e. The second kappa shape index (κ2) is 8.03. The molecule has 0 aromatic heterocycles. The van der Waals surface area contributed by atoms with E-state index < -0.39 is 0 Å². The van der Waals surface area contributed by atoms with Gasteiger partial charge in [0.15, 0.2) is 0 Å². The van der Waals surface area contributed by atoms with E-state index in [-0.39, 0.29) is 12.1 Å². The molecule has 116 valence electrons. The van der Waals surface area contributed by atoms with Gasteiger partial charge in [-0.1, -0.05) is 37.3 Å². The number of benzene rings is 1. The maximum atomic E-state index is 12.3. The minimum absolute atomic E-state index is 0.233. The van der Waals surface area contributed by atoms with Gasteiger partial charge in [-0.25, -0.2) is 4.79 Å². The Balaban J connectivity index is 1.89. The average molecular weight is 290 g/mol. The fourth-order valence-corrected chi connectivity index (χ4v) is 2.92. The lowest BCUT2D eigenvalue weighted by Crippen LogP contribution is -2.45. The number of amides is 1. The quantitative estimate of drug-likeness (QED) is 0.906. The molecule has 0 atom stereocenters. The predicted molar refractivity (Wildman–Crippen MR) is 83.8 cm³/mol. The summed E-state index contributed by atoms with van der Waals surface area (Å²) < 4.78 is 5.45. The summed E-state index contributed by atoms with van der Waals surface area (Å²) in [6, 6.07) is 10.1. The first-order chi connectivity index (χ1) is 10.2. The summed E-state index contributed by atoms with van der Waals surface area (Å²) in [5.74, 6) is 0.765. The highest BCUT2D eigenvalue weighted by atomic mass is 16.6. The molecule has 1 aromatic carbocycles. The van der Waals surface area contributed by atoms with Crippen molar-refractivity contribution < 1.29 is 9.53 Å². The van der Waals surface area contributed by atoms with Crippen LogP contribution in [0.15, 0.2) is 30.3 Å². The third-order valence-corrected chi connectivity index (χ3v) is 4.24. The molecular formula is C17H26N2O2. The molecule has 4 heteroatoms. The molecule has 2 rings (SSSR count). The topological polar surface area (TPSA) is 55.6 Å². The third kappa shape index (κ3) is 4.74. The van der Waals surface area contributed by atoms with Gasteiger partial charge in [0.1, 0.15) is 6.61 Å². The van der Waals surface area contributed by atoms with Crippen LogP contribution in [0.25, 0.3) is 0 Å². The fraction of sp³-hybridized carbons (Fsp3) is 0.588. The summed E-state index contributed by atoms with van der Waals surface area (Å²) in [5, 5.41) is 0. The molecule has 0 heterocycles. The van der Waals surface area contributed by atoms with Gasteiger partial charge in [0.2, 0.25) is 0 Å². The van der Waals surface area contributed by atoms with E-state index in [4.69, 9.17) is 10.5 Å². The highest BCUT2D eigenvalue weighted by Crippen LogP contribution is 2.27. The summed E-state index contributed by atoms with van der Waals surface area (Å²) in [7, 11) is 0. The van der Waals surface area contributed by atoms with Crippen molar-refractivity contribution in [1.82, 2.24) is 4.90 Å². The van der Waals surface area contributed by atoms with Crippen LogP contribution < -0.4 is 5.73 Å². The van der Waals surface area contributed by atoms with Crippen molar-refractivity contribution in [1.29, 1.82) is 0 Å². The van der Waals surface area contributed by atoms with Crippen LogP contribution in [-0.2, 0) is 11.3 Å². The summed E-state index contributed by atoms with van der Waals surface area (Å²) in [5.41, 5.74) is 6.67. The molecule has 1 aliphatic carbocycles. The lowest BCUT2D eigenvalue weighted by Gasteiger charge is -2.35. The normalized spacial score (nSPS) is 21.8. The van der Waals surface area contributed by atoms with Gasteiger partial charge in [-0.15, -0.1) is 0 Å². The molecule has 1 aromatic rings. The van der Waals surface area contributed by atoms with E-state index in [9.17, 15) is 4.79 Å². The number of carbonyl (C=O) groups excluding carboxylic acids is 1. The van der Waals surface area contributed by atoms with Gasteiger partial charge in [-0.3, -0.25) is 0 Å². The van der Waals surface area contributed by atoms with Crippen LogP contribution >= 0.6 is 0 Å². The molecule has 0 saturated heterocycles. The minimum Gasteiger partial charge on any atom is -0.445 e. The monoisotopic (exact) mass is 290 g/mol. The number of nitrogens with zero attached hydrogens (tertiary/aromatic N) is 1. The molecule has 0 radical (unpaired) electrons. The number of hydrogen-bond acceptors (Lipinski definition) is 3.